The first-order chi connectivity index (χ1) is 11.5. The molecule has 0 atom stereocenters. The highest BCUT2D eigenvalue weighted by molar-refractivity contribution is 5.92. The molecule has 0 spiro atoms. The quantitative estimate of drug-likeness (QED) is 0.530. The lowest BCUT2D eigenvalue weighted by Gasteiger charge is -2.27. The number of nitro groups is 1. The Labute approximate surface area is 138 Å². The van der Waals surface area contributed by atoms with Crippen molar-refractivity contribution in [1.82, 2.24) is 9.88 Å². The van der Waals surface area contributed by atoms with E-state index in [1.165, 1.54) is 18.3 Å². The Kier molecular flexibility index (Phi) is 4.24. The fraction of sp³-hybridized carbons (Fsp3) is 0.176. The molecule has 1 aliphatic heterocycles. The van der Waals surface area contributed by atoms with E-state index < -0.39 is 4.92 Å². The zero-order valence-corrected chi connectivity index (χ0v) is 12.8. The lowest BCUT2D eigenvalue weighted by atomic mass is 10.1. The van der Waals surface area contributed by atoms with Crippen LogP contribution in [0.5, 0.6) is 5.75 Å². The molecule has 0 saturated heterocycles. The number of rotatable bonds is 3. The first kappa shape index (κ1) is 15.7. The summed E-state index contributed by atoms with van der Waals surface area (Å²) in [6, 6.07) is 8.06. The smallest absolute Gasteiger partial charge is 0.287 e. The molecule has 1 aromatic carbocycles. The monoisotopic (exact) mass is 325 g/mol. The molecule has 1 amide bonds. The van der Waals surface area contributed by atoms with Gasteiger partial charge in [-0.3, -0.25) is 19.9 Å². The van der Waals surface area contributed by atoms with Gasteiger partial charge < -0.3 is 10.0 Å². The third kappa shape index (κ3) is 3.40. The molecule has 0 bridgehead atoms. The van der Waals surface area contributed by atoms with Gasteiger partial charge >= 0.3 is 0 Å². The number of hydrogen-bond donors (Lipinski definition) is 1. The number of amides is 1. The van der Waals surface area contributed by atoms with Crippen molar-refractivity contribution in [2.24, 2.45) is 0 Å². The molecular weight excluding hydrogens is 310 g/mol. The van der Waals surface area contributed by atoms with Gasteiger partial charge in [-0.1, -0.05) is 12.1 Å². The second kappa shape index (κ2) is 6.49. The summed E-state index contributed by atoms with van der Waals surface area (Å²) in [7, 11) is 0. The fourth-order valence-corrected chi connectivity index (χ4v) is 2.60. The summed E-state index contributed by atoms with van der Waals surface area (Å²) in [5.74, 6) is -0.0506. The number of aromatic nitrogens is 1. The Morgan fingerprint density at radius 3 is 2.96 bits per heavy atom. The van der Waals surface area contributed by atoms with Gasteiger partial charge in [0.05, 0.1) is 4.92 Å². The summed E-state index contributed by atoms with van der Waals surface area (Å²) in [4.78, 5) is 28.4. The Hall–Kier alpha value is -3.22. The Balaban J connectivity index is 1.73. The van der Waals surface area contributed by atoms with E-state index >= 15 is 0 Å². The molecule has 0 aliphatic carbocycles. The third-order valence-electron chi connectivity index (χ3n) is 3.84. The second-order valence-electron chi connectivity index (χ2n) is 5.49. The molecular formula is C17H15N3O4. The SMILES string of the molecule is O=C(/C=C/c1cccc(O)c1)N1CCc2ncc([N+](=O)[O-])cc2C1. The van der Waals surface area contributed by atoms with Crippen molar-refractivity contribution < 1.29 is 14.8 Å². The zero-order chi connectivity index (χ0) is 17.1. The topological polar surface area (TPSA) is 96.6 Å². The standard InChI is InChI=1S/C17H15N3O4/c21-15-3-1-2-12(8-15)4-5-17(22)19-7-6-16-13(11-19)9-14(10-18-16)20(23)24/h1-5,8-10,21H,6-7,11H2/b5-4+. The molecule has 24 heavy (non-hydrogen) atoms. The summed E-state index contributed by atoms with van der Waals surface area (Å²) in [5.41, 5.74) is 2.15. The lowest BCUT2D eigenvalue weighted by Crippen LogP contribution is -2.35. The highest BCUT2D eigenvalue weighted by Gasteiger charge is 2.22. The van der Waals surface area contributed by atoms with E-state index in [9.17, 15) is 20.0 Å². The highest BCUT2D eigenvalue weighted by Crippen LogP contribution is 2.22. The van der Waals surface area contributed by atoms with E-state index in [4.69, 9.17) is 0 Å². The number of carbonyl (C=O) groups is 1. The Morgan fingerprint density at radius 1 is 1.38 bits per heavy atom. The van der Waals surface area contributed by atoms with Gasteiger partial charge in [0.15, 0.2) is 0 Å². The number of phenolic OH excluding ortho intramolecular Hbond substituents is 1. The normalized spacial score (nSPS) is 13.8. The first-order valence-corrected chi connectivity index (χ1v) is 7.41. The van der Waals surface area contributed by atoms with Gasteiger partial charge in [0.2, 0.25) is 5.91 Å². The van der Waals surface area contributed by atoms with E-state index in [1.54, 1.807) is 35.2 Å². The molecule has 0 radical (unpaired) electrons. The van der Waals surface area contributed by atoms with E-state index in [0.29, 0.717) is 25.1 Å². The number of benzene rings is 1. The van der Waals surface area contributed by atoms with Crippen LogP contribution in [0.4, 0.5) is 5.69 Å². The van der Waals surface area contributed by atoms with Crippen LogP contribution in [0.3, 0.4) is 0 Å². The van der Waals surface area contributed by atoms with Crippen LogP contribution in [-0.4, -0.2) is 32.4 Å². The maximum absolute atomic E-state index is 12.3. The van der Waals surface area contributed by atoms with Crippen molar-refractivity contribution in [3.63, 3.8) is 0 Å². The van der Waals surface area contributed by atoms with Crippen molar-refractivity contribution >= 4 is 17.7 Å². The molecule has 7 heteroatoms. The maximum atomic E-state index is 12.3. The lowest BCUT2D eigenvalue weighted by molar-refractivity contribution is -0.385. The Bertz CT molecular complexity index is 832. The van der Waals surface area contributed by atoms with E-state index in [-0.39, 0.29) is 17.3 Å². The van der Waals surface area contributed by atoms with Crippen LogP contribution in [0.1, 0.15) is 16.8 Å². The van der Waals surface area contributed by atoms with Gasteiger partial charge in [0.1, 0.15) is 11.9 Å². The van der Waals surface area contributed by atoms with Crippen molar-refractivity contribution in [1.29, 1.82) is 0 Å². The predicted octanol–water partition coefficient (Wildman–Crippen LogP) is 2.29. The van der Waals surface area contributed by atoms with Gasteiger partial charge in [-0.25, -0.2) is 0 Å². The number of carbonyl (C=O) groups excluding carboxylic acids is 1. The minimum atomic E-state index is -0.490. The van der Waals surface area contributed by atoms with E-state index in [1.807, 2.05) is 0 Å². The number of fused-ring (bicyclic) bond motifs is 1. The van der Waals surface area contributed by atoms with Crippen LogP contribution in [0.25, 0.3) is 6.08 Å². The molecule has 2 aromatic rings. The minimum Gasteiger partial charge on any atom is -0.508 e. The first-order valence-electron chi connectivity index (χ1n) is 7.41. The fourth-order valence-electron chi connectivity index (χ4n) is 2.60. The molecule has 0 saturated carbocycles. The van der Waals surface area contributed by atoms with Gasteiger partial charge in [-0.15, -0.1) is 0 Å². The largest absolute Gasteiger partial charge is 0.508 e. The summed E-state index contributed by atoms with van der Waals surface area (Å²) < 4.78 is 0. The molecule has 3 rings (SSSR count). The van der Waals surface area contributed by atoms with Gasteiger partial charge in [0, 0.05) is 37.3 Å². The van der Waals surface area contributed by atoms with Crippen molar-refractivity contribution in [3.05, 3.63) is 69.5 Å². The zero-order valence-electron chi connectivity index (χ0n) is 12.8. The second-order valence-corrected chi connectivity index (χ2v) is 5.49. The number of pyridine rings is 1. The summed E-state index contributed by atoms with van der Waals surface area (Å²) in [6.45, 7) is 0.814. The average Bonchev–Trinajstić information content (AvgIpc) is 2.58. The molecule has 0 unspecified atom stereocenters. The van der Waals surface area contributed by atoms with Crippen LogP contribution in [-0.2, 0) is 17.8 Å². The van der Waals surface area contributed by atoms with Crippen molar-refractivity contribution in [3.8, 4) is 5.75 Å². The Morgan fingerprint density at radius 2 is 2.21 bits per heavy atom. The van der Waals surface area contributed by atoms with E-state index in [2.05, 4.69) is 4.98 Å². The maximum Gasteiger partial charge on any atom is 0.287 e. The average molecular weight is 325 g/mol. The summed E-state index contributed by atoms with van der Waals surface area (Å²) in [5, 5.41) is 20.3. The molecule has 7 nitrogen and oxygen atoms in total. The van der Waals surface area contributed by atoms with Gasteiger partial charge in [0.25, 0.3) is 5.69 Å². The molecule has 1 aliphatic rings. The third-order valence-corrected chi connectivity index (χ3v) is 3.84. The summed E-state index contributed by atoms with van der Waals surface area (Å²) in [6.07, 6.45) is 4.88. The predicted molar refractivity (Wildman–Crippen MR) is 87.2 cm³/mol. The number of aromatic hydroxyl groups is 1. The molecule has 122 valence electrons. The van der Waals surface area contributed by atoms with E-state index in [0.717, 1.165) is 11.3 Å². The van der Waals surface area contributed by atoms with Gasteiger partial charge in [-0.2, -0.15) is 0 Å². The van der Waals surface area contributed by atoms with Crippen LogP contribution >= 0.6 is 0 Å². The number of hydrogen-bond acceptors (Lipinski definition) is 5. The highest BCUT2D eigenvalue weighted by atomic mass is 16.6. The van der Waals surface area contributed by atoms with Gasteiger partial charge in [-0.05, 0) is 29.3 Å². The molecule has 0 fully saturated rings. The van der Waals surface area contributed by atoms with Crippen LogP contribution in [0, 0.1) is 10.1 Å². The molecule has 2 heterocycles. The minimum absolute atomic E-state index is 0.0710. The number of phenols is 1. The van der Waals surface area contributed by atoms with Crippen LogP contribution < -0.4 is 0 Å². The van der Waals surface area contributed by atoms with Crippen molar-refractivity contribution in [2.45, 2.75) is 13.0 Å². The van der Waals surface area contributed by atoms with Crippen LogP contribution in [0.15, 0.2) is 42.6 Å². The molecule has 1 aromatic heterocycles. The molecule has 1 N–H and O–H groups in total. The number of nitrogens with zero attached hydrogens (tertiary/aromatic N) is 3. The summed E-state index contributed by atoms with van der Waals surface area (Å²) >= 11 is 0. The van der Waals surface area contributed by atoms with Crippen LogP contribution in [0.2, 0.25) is 0 Å². The van der Waals surface area contributed by atoms with Crippen molar-refractivity contribution in [2.75, 3.05) is 6.54 Å².